The van der Waals surface area contributed by atoms with Crippen LogP contribution in [0.2, 0.25) is 0 Å². The van der Waals surface area contributed by atoms with Crippen molar-refractivity contribution in [2.24, 2.45) is 5.92 Å². The number of aromatic amines is 2. The van der Waals surface area contributed by atoms with E-state index in [9.17, 15) is 14.4 Å². The van der Waals surface area contributed by atoms with Crippen LogP contribution in [-0.2, 0) is 37.0 Å². The summed E-state index contributed by atoms with van der Waals surface area (Å²) in [4.78, 5) is 54.6. The summed E-state index contributed by atoms with van der Waals surface area (Å²) in [5.41, 5.74) is 9.44. The number of carbonyl (C=O) groups is 3. The van der Waals surface area contributed by atoms with Crippen LogP contribution < -0.4 is 5.32 Å². The maximum absolute atomic E-state index is 13.9. The summed E-state index contributed by atoms with van der Waals surface area (Å²) in [6, 6.07) is 15.9. The van der Waals surface area contributed by atoms with E-state index in [1.165, 1.54) is 14.2 Å². The number of fused-ring (bicyclic) bond motifs is 1. The number of hydrogen-bond donors (Lipinski definition) is 3. The van der Waals surface area contributed by atoms with Crippen LogP contribution in [0, 0.1) is 5.92 Å². The molecule has 53 heavy (non-hydrogen) atoms. The molecule has 5 heterocycles. The monoisotopic (exact) mass is 722 g/mol. The lowest BCUT2D eigenvalue weighted by molar-refractivity contribution is -0.137. The first-order chi connectivity index (χ1) is 25.7. The van der Waals surface area contributed by atoms with Crippen molar-refractivity contribution in [1.29, 1.82) is 0 Å². The Kier molecular flexibility index (Phi) is 10.7. The minimum absolute atomic E-state index is 0.00308. The highest BCUT2D eigenvalue weighted by molar-refractivity contribution is 5.87. The van der Waals surface area contributed by atoms with Crippen LogP contribution in [0.4, 0.5) is 4.79 Å². The summed E-state index contributed by atoms with van der Waals surface area (Å²) < 4.78 is 16.2. The van der Waals surface area contributed by atoms with E-state index >= 15 is 0 Å². The first-order valence-corrected chi connectivity index (χ1v) is 18.7. The maximum atomic E-state index is 13.9. The Morgan fingerprint density at radius 1 is 0.849 bits per heavy atom. The topological polar surface area (TPSA) is 142 Å². The molecule has 3 aliphatic rings. The van der Waals surface area contributed by atoms with E-state index in [0.717, 1.165) is 88.5 Å². The van der Waals surface area contributed by atoms with Crippen LogP contribution in [0.3, 0.4) is 0 Å². The van der Waals surface area contributed by atoms with Crippen molar-refractivity contribution >= 4 is 17.9 Å². The number of methoxy groups -OCH3 is 2. The summed E-state index contributed by atoms with van der Waals surface area (Å²) in [6.07, 6.45) is 4.79. The van der Waals surface area contributed by atoms with Gasteiger partial charge in [-0.3, -0.25) is 9.59 Å². The van der Waals surface area contributed by atoms with Crippen molar-refractivity contribution in [3.63, 3.8) is 0 Å². The Bertz CT molecular complexity index is 1930. The van der Waals surface area contributed by atoms with Gasteiger partial charge in [-0.05, 0) is 60.8 Å². The third kappa shape index (κ3) is 7.34. The Hall–Kier alpha value is -4.94. The maximum Gasteiger partial charge on any atom is 0.407 e. The van der Waals surface area contributed by atoms with Crippen molar-refractivity contribution in [2.45, 2.75) is 90.3 Å². The largest absolute Gasteiger partial charge is 0.453 e. The molecule has 2 fully saturated rings. The zero-order valence-electron chi connectivity index (χ0n) is 31.2. The van der Waals surface area contributed by atoms with Crippen molar-refractivity contribution in [3.05, 3.63) is 77.4 Å². The van der Waals surface area contributed by atoms with Gasteiger partial charge in [-0.2, -0.15) is 0 Å². The zero-order chi connectivity index (χ0) is 37.2. The van der Waals surface area contributed by atoms with Crippen LogP contribution in [-0.4, -0.2) is 82.1 Å². The summed E-state index contributed by atoms with van der Waals surface area (Å²) >= 11 is 0. The van der Waals surface area contributed by atoms with Gasteiger partial charge in [-0.1, -0.05) is 62.4 Å². The summed E-state index contributed by atoms with van der Waals surface area (Å²) in [5, 5.41) is 2.67. The molecule has 7 rings (SSSR count). The number of amides is 3. The van der Waals surface area contributed by atoms with E-state index in [0.29, 0.717) is 32.1 Å². The first kappa shape index (κ1) is 36.4. The van der Waals surface area contributed by atoms with E-state index in [1.807, 2.05) is 16.0 Å². The predicted octanol–water partition coefficient (Wildman–Crippen LogP) is 6.90. The molecule has 12 heteroatoms. The Labute approximate surface area is 310 Å². The van der Waals surface area contributed by atoms with Crippen LogP contribution in [0.1, 0.15) is 87.6 Å². The number of hydrogen-bond acceptors (Lipinski definition) is 7. The average Bonchev–Trinajstić information content (AvgIpc) is 4.01. The van der Waals surface area contributed by atoms with Gasteiger partial charge in [0.2, 0.25) is 11.8 Å². The molecule has 2 aromatic heterocycles. The van der Waals surface area contributed by atoms with E-state index in [2.05, 4.69) is 77.7 Å². The number of nitrogens with one attached hydrogen (secondary N) is 3. The number of imidazole rings is 1. The fourth-order valence-electron chi connectivity index (χ4n) is 8.06. The van der Waals surface area contributed by atoms with Gasteiger partial charge in [0.15, 0.2) is 0 Å². The second-order valence-electron chi connectivity index (χ2n) is 14.8. The molecule has 3 N–H and O–H groups in total. The van der Waals surface area contributed by atoms with Crippen LogP contribution in [0.15, 0.2) is 54.7 Å². The van der Waals surface area contributed by atoms with E-state index in [1.54, 1.807) is 6.92 Å². The Morgan fingerprint density at radius 3 is 2.13 bits per heavy atom. The average molecular weight is 723 g/mol. The lowest BCUT2D eigenvalue weighted by Gasteiger charge is -2.31. The van der Waals surface area contributed by atoms with E-state index in [-0.39, 0.29) is 23.9 Å². The molecular formula is C41H50N6O6. The van der Waals surface area contributed by atoms with Crippen molar-refractivity contribution in [2.75, 3.05) is 27.3 Å². The first-order valence-electron chi connectivity index (χ1n) is 18.7. The number of H-pyrrole nitrogens is 2. The molecule has 0 spiro atoms. The second-order valence-corrected chi connectivity index (χ2v) is 14.8. The lowest BCUT2D eigenvalue weighted by atomic mass is 9.99. The molecule has 280 valence electrons. The molecule has 0 saturated carbocycles. The molecule has 0 radical (unpaired) electrons. The smallest absolute Gasteiger partial charge is 0.407 e. The second kappa shape index (κ2) is 15.6. The molecule has 2 saturated heterocycles. The predicted molar refractivity (Wildman–Crippen MR) is 200 cm³/mol. The van der Waals surface area contributed by atoms with Crippen LogP contribution in [0.25, 0.3) is 33.6 Å². The lowest BCUT2D eigenvalue weighted by Crippen LogP contribution is -2.54. The molecule has 2 aromatic carbocycles. The number of ether oxygens (including phenoxy) is 3. The summed E-state index contributed by atoms with van der Waals surface area (Å²) in [6.45, 7) is 8.27. The Balaban J connectivity index is 1.07. The van der Waals surface area contributed by atoms with E-state index < -0.39 is 18.2 Å². The van der Waals surface area contributed by atoms with Gasteiger partial charge in [0.05, 0.1) is 56.1 Å². The van der Waals surface area contributed by atoms with Gasteiger partial charge in [-0.15, -0.1) is 0 Å². The van der Waals surface area contributed by atoms with Crippen molar-refractivity contribution in [3.8, 4) is 33.6 Å². The van der Waals surface area contributed by atoms with Crippen LogP contribution in [0.5, 0.6) is 0 Å². The fraction of sp³-hybridized carbons (Fsp3) is 0.463. The van der Waals surface area contributed by atoms with Gasteiger partial charge in [0.25, 0.3) is 0 Å². The third-order valence-corrected chi connectivity index (χ3v) is 10.9. The van der Waals surface area contributed by atoms with E-state index in [4.69, 9.17) is 19.2 Å². The molecule has 4 atom stereocenters. The van der Waals surface area contributed by atoms with Crippen molar-refractivity contribution < 1.29 is 28.6 Å². The minimum Gasteiger partial charge on any atom is -0.453 e. The third-order valence-electron chi connectivity index (χ3n) is 10.9. The zero-order valence-corrected chi connectivity index (χ0v) is 31.2. The highest BCUT2D eigenvalue weighted by Crippen LogP contribution is 2.42. The number of benzene rings is 2. The molecule has 4 aromatic rings. The highest BCUT2D eigenvalue weighted by atomic mass is 16.5. The minimum atomic E-state index is -0.875. The SMILES string of the molecule is COC(=O)N[C@H](C(=O)N1CCC[C@@H]1c1[nH]c(-c2ccc(-c3ccc(-c4cnc([C@@H]5CCCN5C(=O)CC(C)C)[nH]4)cc3)cc2)c2c1COC2)[C@@H](C)OC. The normalized spacial score (nSPS) is 19.4. The molecule has 3 amide bonds. The van der Waals surface area contributed by atoms with Gasteiger partial charge in [0.1, 0.15) is 11.9 Å². The highest BCUT2D eigenvalue weighted by Gasteiger charge is 2.40. The van der Waals surface area contributed by atoms with Crippen molar-refractivity contribution in [1.82, 2.24) is 30.1 Å². The number of carbonyl (C=O) groups excluding carboxylic acids is 3. The fourth-order valence-corrected chi connectivity index (χ4v) is 8.06. The van der Waals surface area contributed by atoms with Gasteiger partial charge in [-0.25, -0.2) is 9.78 Å². The molecule has 0 bridgehead atoms. The molecule has 0 aliphatic carbocycles. The summed E-state index contributed by atoms with van der Waals surface area (Å²) in [5.74, 6) is 1.19. The van der Waals surface area contributed by atoms with Gasteiger partial charge in [0, 0.05) is 43.4 Å². The molecular weight excluding hydrogens is 672 g/mol. The summed E-state index contributed by atoms with van der Waals surface area (Å²) in [7, 11) is 2.80. The number of aromatic nitrogens is 3. The van der Waals surface area contributed by atoms with Crippen LogP contribution >= 0.6 is 0 Å². The molecule has 0 unspecified atom stereocenters. The van der Waals surface area contributed by atoms with Gasteiger partial charge < -0.3 is 39.3 Å². The standard InChI is InChI=1S/C41H50N6O6/c1-24(2)20-35(48)46-18-7-9-34(46)39-42-21-32(43-39)28-14-10-26(11-15-28)27-12-16-29(17-13-27)37-30-22-53-23-31(30)38(44-37)33-8-6-19-47(33)40(49)36(25(3)51-4)45-41(50)52-5/h10-17,21,24-25,33-34,36,44H,6-9,18-20,22-23H2,1-5H3,(H,42,43)(H,45,50)/t25-,33-,34+,36+/m1/s1. The number of rotatable bonds is 11. The quantitative estimate of drug-likeness (QED) is 0.153. The van der Waals surface area contributed by atoms with Gasteiger partial charge >= 0.3 is 6.09 Å². The number of likely N-dealkylation sites (tertiary alicyclic amines) is 2. The molecule has 12 nitrogen and oxygen atoms in total. The number of nitrogens with zero attached hydrogens (tertiary/aromatic N) is 3. The number of alkyl carbamates (subject to hydrolysis) is 1. The molecule has 3 aliphatic heterocycles. The Morgan fingerprint density at radius 2 is 1.47 bits per heavy atom.